The summed E-state index contributed by atoms with van der Waals surface area (Å²) in [4.78, 5) is 0. The highest BCUT2D eigenvalue weighted by Crippen LogP contribution is 2.10. The van der Waals surface area contributed by atoms with Gasteiger partial charge < -0.3 is 11.5 Å². The van der Waals surface area contributed by atoms with Crippen molar-refractivity contribution < 1.29 is 0 Å². The number of hydrogen-bond acceptors (Lipinski definition) is 2. The van der Waals surface area contributed by atoms with Gasteiger partial charge in [-0.1, -0.05) is 15.9 Å². The normalized spacial score (nSPS) is 7.90. The lowest BCUT2D eigenvalue weighted by atomic mass is 10.3. The van der Waals surface area contributed by atoms with Gasteiger partial charge in [0.1, 0.15) is 0 Å². The third kappa shape index (κ3) is 3.48. The minimum absolute atomic E-state index is 0.799. The van der Waals surface area contributed by atoms with Gasteiger partial charge in [0, 0.05) is 10.2 Å². The Balaban J connectivity index is 0.000000371. The van der Waals surface area contributed by atoms with E-state index in [4.69, 9.17) is 5.73 Å². The van der Waals surface area contributed by atoms with Crippen molar-refractivity contribution >= 4 is 21.6 Å². The quantitative estimate of drug-likeness (QED) is 0.629. The summed E-state index contributed by atoms with van der Waals surface area (Å²) in [5, 5.41) is 0. The fourth-order valence-electron chi connectivity index (χ4n) is 0.463. The molecule has 1 aromatic rings. The summed E-state index contributed by atoms with van der Waals surface area (Å²) in [5.74, 6) is 0. The molecule has 0 heterocycles. The number of nitrogens with two attached hydrogens (primary N) is 2. The third-order valence-electron chi connectivity index (χ3n) is 0.870. The molecule has 0 aliphatic carbocycles. The van der Waals surface area contributed by atoms with Gasteiger partial charge in [-0.15, -0.1) is 0 Å². The fraction of sp³-hybridized carbons (Fsp3) is 0.143. The van der Waals surface area contributed by atoms with Crippen molar-refractivity contribution in [1.82, 2.24) is 0 Å². The molecule has 0 fully saturated rings. The molecule has 1 aromatic carbocycles. The minimum Gasteiger partial charge on any atom is -0.399 e. The largest absolute Gasteiger partial charge is 0.399 e. The molecule has 0 aliphatic rings. The van der Waals surface area contributed by atoms with Crippen molar-refractivity contribution in [3.05, 3.63) is 28.7 Å². The first-order valence-electron chi connectivity index (χ1n) is 2.88. The van der Waals surface area contributed by atoms with Crippen LogP contribution >= 0.6 is 15.9 Å². The van der Waals surface area contributed by atoms with E-state index in [9.17, 15) is 0 Å². The van der Waals surface area contributed by atoms with Crippen LogP contribution in [0.2, 0.25) is 0 Å². The van der Waals surface area contributed by atoms with Gasteiger partial charge in [0.15, 0.2) is 0 Å². The molecule has 0 atom stereocenters. The molecule has 56 valence electrons. The van der Waals surface area contributed by atoms with Crippen molar-refractivity contribution in [2.24, 2.45) is 5.73 Å². The van der Waals surface area contributed by atoms with Gasteiger partial charge in [-0.05, 0) is 31.3 Å². The smallest absolute Gasteiger partial charge is 0.0314 e. The van der Waals surface area contributed by atoms with Gasteiger partial charge in [-0.25, -0.2) is 0 Å². The van der Waals surface area contributed by atoms with Crippen LogP contribution in [0.5, 0.6) is 0 Å². The number of benzene rings is 1. The van der Waals surface area contributed by atoms with Crippen molar-refractivity contribution in [2.45, 2.75) is 0 Å². The maximum Gasteiger partial charge on any atom is 0.0314 e. The lowest BCUT2D eigenvalue weighted by Crippen LogP contribution is -1.80. The van der Waals surface area contributed by atoms with Crippen LogP contribution in [-0.4, -0.2) is 7.05 Å². The van der Waals surface area contributed by atoms with Crippen LogP contribution in [0.3, 0.4) is 0 Å². The Labute approximate surface area is 69.3 Å². The molecule has 0 aliphatic heterocycles. The van der Waals surface area contributed by atoms with Gasteiger partial charge >= 0.3 is 0 Å². The van der Waals surface area contributed by atoms with Crippen molar-refractivity contribution in [2.75, 3.05) is 12.8 Å². The molecule has 3 heteroatoms. The maximum absolute atomic E-state index is 5.41. The van der Waals surface area contributed by atoms with Gasteiger partial charge in [0.05, 0.1) is 0 Å². The first-order chi connectivity index (χ1) is 4.79. The molecule has 0 spiro atoms. The second kappa shape index (κ2) is 5.26. The van der Waals surface area contributed by atoms with Crippen LogP contribution in [0.1, 0.15) is 0 Å². The van der Waals surface area contributed by atoms with E-state index < -0.39 is 0 Å². The second-order valence-electron chi connectivity index (χ2n) is 1.55. The van der Waals surface area contributed by atoms with Crippen LogP contribution in [0, 0.1) is 0 Å². The molecule has 0 radical (unpaired) electrons. The maximum atomic E-state index is 5.41. The predicted molar refractivity (Wildman–Crippen MR) is 48.7 cm³/mol. The lowest BCUT2D eigenvalue weighted by Gasteiger charge is -1.88. The Morgan fingerprint density at radius 2 is 1.50 bits per heavy atom. The summed E-state index contributed by atoms with van der Waals surface area (Å²) in [6, 6.07) is 7.53. The van der Waals surface area contributed by atoms with Gasteiger partial charge in [-0.3, -0.25) is 0 Å². The summed E-state index contributed by atoms with van der Waals surface area (Å²) >= 11 is 3.29. The molecule has 0 saturated carbocycles. The molecule has 2 nitrogen and oxygen atoms in total. The fourth-order valence-corrected chi connectivity index (χ4v) is 0.727. The number of anilines is 1. The summed E-state index contributed by atoms with van der Waals surface area (Å²) in [6.45, 7) is 0. The highest BCUT2D eigenvalue weighted by Gasteiger charge is 1.81. The Morgan fingerprint density at radius 1 is 1.10 bits per heavy atom. The molecular weight excluding hydrogens is 192 g/mol. The standard InChI is InChI=1S/C6H6BrN.CH5N/c7-5-1-3-6(8)4-2-5;1-2/h1-4H,8H2;2H2,1H3. The Morgan fingerprint density at radius 3 is 1.80 bits per heavy atom. The molecule has 0 saturated heterocycles. The number of halogens is 1. The van der Waals surface area contributed by atoms with Crippen LogP contribution in [-0.2, 0) is 0 Å². The van der Waals surface area contributed by atoms with E-state index in [1.54, 1.807) is 0 Å². The summed E-state index contributed by atoms with van der Waals surface area (Å²) < 4.78 is 1.06. The summed E-state index contributed by atoms with van der Waals surface area (Å²) in [6.07, 6.45) is 0. The molecule has 0 amide bonds. The summed E-state index contributed by atoms with van der Waals surface area (Å²) in [5.41, 5.74) is 10.7. The second-order valence-corrected chi connectivity index (χ2v) is 2.47. The van der Waals surface area contributed by atoms with Crippen LogP contribution in [0.25, 0.3) is 0 Å². The van der Waals surface area contributed by atoms with Crippen LogP contribution in [0.15, 0.2) is 28.7 Å². The first-order valence-corrected chi connectivity index (χ1v) is 3.67. The zero-order chi connectivity index (χ0) is 7.98. The Hall–Kier alpha value is -0.540. The Kier molecular flexibility index (Phi) is 4.98. The van der Waals surface area contributed by atoms with E-state index in [1.807, 2.05) is 24.3 Å². The molecule has 4 N–H and O–H groups in total. The number of nitrogen functional groups attached to an aromatic ring is 1. The zero-order valence-electron chi connectivity index (χ0n) is 5.84. The lowest BCUT2D eigenvalue weighted by molar-refractivity contribution is 1.48. The highest BCUT2D eigenvalue weighted by molar-refractivity contribution is 9.10. The van der Waals surface area contributed by atoms with E-state index in [2.05, 4.69) is 21.7 Å². The number of hydrogen-bond donors (Lipinski definition) is 2. The molecular formula is C7H11BrN2. The van der Waals surface area contributed by atoms with Crippen LogP contribution < -0.4 is 11.5 Å². The summed E-state index contributed by atoms with van der Waals surface area (Å²) in [7, 11) is 1.50. The highest BCUT2D eigenvalue weighted by atomic mass is 79.9. The molecule has 0 aromatic heterocycles. The average Bonchev–Trinajstić information content (AvgIpc) is 2.00. The van der Waals surface area contributed by atoms with Crippen molar-refractivity contribution in [1.29, 1.82) is 0 Å². The minimum atomic E-state index is 0.799. The zero-order valence-corrected chi connectivity index (χ0v) is 7.43. The van der Waals surface area contributed by atoms with Gasteiger partial charge in [0.25, 0.3) is 0 Å². The number of rotatable bonds is 0. The first kappa shape index (κ1) is 9.46. The SMILES string of the molecule is CN.Nc1ccc(Br)cc1. The van der Waals surface area contributed by atoms with E-state index in [1.165, 1.54) is 7.05 Å². The van der Waals surface area contributed by atoms with E-state index in [0.717, 1.165) is 10.2 Å². The van der Waals surface area contributed by atoms with Gasteiger partial charge in [0.2, 0.25) is 0 Å². The predicted octanol–water partition coefficient (Wildman–Crippen LogP) is 1.61. The molecule has 10 heavy (non-hydrogen) atoms. The third-order valence-corrected chi connectivity index (χ3v) is 1.40. The average molecular weight is 203 g/mol. The molecule has 0 bridgehead atoms. The van der Waals surface area contributed by atoms with Crippen LogP contribution in [0.4, 0.5) is 5.69 Å². The monoisotopic (exact) mass is 202 g/mol. The molecule has 1 rings (SSSR count). The molecule has 0 unspecified atom stereocenters. The van der Waals surface area contributed by atoms with E-state index in [-0.39, 0.29) is 0 Å². The topological polar surface area (TPSA) is 52.0 Å². The van der Waals surface area contributed by atoms with E-state index >= 15 is 0 Å². The van der Waals surface area contributed by atoms with Crippen molar-refractivity contribution in [3.8, 4) is 0 Å². The van der Waals surface area contributed by atoms with Crippen molar-refractivity contribution in [3.63, 3.8) is 0 Å². The van der Waals surface area contributed by atoms with Gasteiger partial charge in [-0.2, -0.15) is 0 Å². The van der Waals surface area contributed by atoms with E-state index in [0.29, 0.717) is 0 Å². The Bertz CT molecular complexity index is 150.